The Kier molecular flexibility index (Phi) is 8.10. The first kappa shape index (κ1) is 20.9. The Morgan fingerprint density at radius 3 is 2.85 bits per heavy atom. The van der Waals surface area contributed by atoms with Crippen LogP contribution in [0.2, 0.25) is 0 Å². The molecule has 5 nitrogen and oxygen atoms in total. The highest BCUT2D eigenvalue weighted by atomic mass is 19.1. The van der Waals surface area contributed by atoms with Gasteiger partial charge in [0.1, 0.15) is 11.9 Å². The van der Waals surface area contributed by atoms with Gasteiger partial charge in [-0.05, 0) is 25.3 Å². The summed E-state index contributed by atoms with van der Waals surface area (Å²) in [6.07, 6.45) is 7.30. The second-order valence-corrected chi connectivity index (χ2v) is 7.38. The third-order valence-electron chi connectivity index (χ3n) is 5.25. The number of alkyl halides is 1. The molecule has 148 valence electrons. The Bertz CT molecular complexity index is 518. The molecule has 0 bridgehead atoms. The first-order valence-electron chi connectivity index (χ1n) is 9.71. The Morgan fingerprint density at radius 2 is 2.15 bits per heavy atom. The number of halogens is 1. The molecule has 3 N–H and O–H groups in total. The standard InChI is InChI=1S/C20H31FO5/c1-2-3-4-6-13(22)9-10-14-15-11-19(26-18(15)12-17(14)23)16(21)7-5-8-20(24)25/h9-11,13-18,22-23H,2-8,12H2,1H3,(H,24,25). The summed E-state index contributed by atoms with van der Waals surface area (Å²) < 4.78 is 19.9. The number of allylic oxidation sites excluding steroid dienone is 1. The van der Waals surface area contributed by atoms with Gasteiger partial charge in [0.15, 0.2) is 6.17 Å². The molecular weight excluding hydrogens is 339 g/mol. The maximum absolute atomic E-state index is 14.3. The van der Waals surface area contributed by atoms with Gasteiger partial charge in [0.25, 0.3) is 0 Å². The molecule has 6 atom stereocenters. The number of rotatable bonds is 11. The van der Waals surface area contributed by atoms with Gasteiger partial charge < -0.3 is 20.1 Å². The molecule has 0 aromatic heterocycles. The Labute approximate surface area is 154 Å². The first-order chi connectivity index (χ1) is 12.4. The van der Waals surface area contributed by atoms with Gasteiger partial charge in [0.2, 0.25) is 0 Å². The third kappa shape index (κ3) is 5.81. The Morgan fingerprint density at radius 1 is 1.38 bits per heavy atom. The maximum atomic E-state index is 14.3. The van der Waals surface area contributed by atoms with Gasteiger partial charge in [0, 0.05) is 24.7 Å². The predicted molar refractivity (Wildman–Crippen MR) is 96.2 cm³/mol. The zero-order valence-electron chi connectivity index (χ0n) is 15.4. The first-order valence-corrected chi connectivity index (χ1v) is 9.71. The van der Waals surface area contributed by atoms with E-state index in [1.807, 2.05) is 6.08 Å². The molecule has 26 heavy (non-hydrogen) atoms. The van der Waals surface area contributed by atoms with E-state index >= 15 is 0 Å². The number of carbonyl (C=O) groups is 1. The van der Waals surface area contributed by atoms with Gasteiger partial charge in [-0.25, -0.2) is 4.39 Å². The number of aliphatic carboxylic acids is 1. The van der Waals surface area contributed by atoms with E-state index in [-0.39, 0.29) is 43.0 Å². The minimum atomic E-state index is -1.30. The topological polar surface area (TPSA) is 87.0 Å². The number of carboxylic acids is 1. The normalized spacial score (nSPS) is 30.1. The molecule has 0 saturated heterocycles. The minimum Gasteiger partial charge on any atom is -0.491 e. The molecule has 2 rings (SSSR count). The van der Waals surface area contributed by atoms with Crippen LogP contribution < -0.4 is 0 Å². The zero-order valence-corrected chi connectivity index (χ0v) is 15.4. The number of hydrogen-bond acceptors (Lipinski definition) is 4. The number of aliphatic hydroxyl groups is 2. The van der Waals surface area contributed by atoms with Gasteiger partial charge >= 0.3 is 5.97 Å². The van der Waals surface area contributed by atoms with Gasteiger partial charge in [-0.15, -0.1) is 0 Å². The van der Waals surface area contributed by atoms with E-state index in [2.05, 4.69) is 6.92 Å². The SMILES string of the molecule is CCCCCC(O)C=CC1C(O)CC2OC(C(F)CCCC(=O)O)=CC21. The average Bonchev–Trinajstić information content (AvgIpc) is 3.10. The lowest BCUT2D eigenvalue weighted by Crippen LogP contribution is -2.17. The highest BCUT2D eigenvalue weighted by molar-refractivity contribution is 5.66. The summed E-state index contributed by atoms with van der Waals surface area (Å²) in [6, 6.07) is 0. The maximum Gasteiger partial charge on any atom is 0.303 e. The van der Waals surface area contributed by atoms with E-state index in [4.69, 9.17) is 9.84 Å². The van der Waals surface area contributed by atoms with E-state index in [1.54, 1.807) is 12.2 Å². The van der Waals surface area contributed by atoms with Crippen LogP contribution in [0.15, 0.2) is 24.0 Å². The number of hydrogen-bond donors (Lipinski definition) is 3. The molecule has 1 heterocycles. The fraction of sp³-hybridized carbons (Fsp3) is 0.750. The van der Waals surface area contributed by atoms with Crippen molar-refractivity contribution in [3.05, 3.63) is 24.0 Å². The van der Waals surface area contributed by atoms with Crippen LogP contribution in [0.5, 0.6) is 0 Å². The highest BCUT2D eigenvalue weighted by Gasteiger charge is 2.46. The Hall–Kier alpha value is -1.40. The molecular formula is C20H31FO5. The summed E-state index contributed by atoms with van der Waals surface area (Å²) in [5.74, 6) is -0.957. The summed E-state index contributed by atoms with van der Waals surface area (Å²) in [4.78, 5) is 10.5. The van der Waals surface area contributed by atoms with Crippen LogP contribution in [0.4, 0.5) is 4.39 Å². The summed E-state index contributed by atoms with van der Waals surface area (Å²) in [5, 5.41) is 28.9. The Balaban J connectivity index is 1.89. The monoisotopic (exact) mass is 370 g/mol. The van der Waals surface area contributed by atoms with Crippen molar-refractivity contribution in [1.29, 1.82) is 0 Å². The van der Waals surface area contributed by atoms with Crippen molar-refractivity contribution >= 4 is 5.97 Å². The smallest absolute Gasteiger partial charge is 0.303 e. The van der Waals surface area contributed by atoms with Crippen molar-refractivity contribution in [1.82, 2.24) is 0 Å². The van der Waals surface area contributed by atoms with Gasteiger partial charge in [-0.3, -0.25) is 4.79 Å². The molecule has 1 fully saturated rings. The molecule has 6 heteroatoms. The van der Waals surface area contributed by atoms with Crippen molar-refractivity contribution in [3.8, 4) is 0 Å². The quantitative estimate of drug-likeness (QED) is 0.383. The van der Waals surface area contributed by atoms with Crippen LogP contribution in [0.3, 0.4) is 0 Å². The lowest BCUT2D eigenvalue weighted by Gasteiger charge is -2.15. The fourth-order valence-electron chi connectivity index (χ4n) is 3.77. The number of aliphatic hydroxyl groups excluding tert-OH is 2. The number of unbranched alkanes of at least 4 members (excludes halogenated alkanes) is 2. The average molecular weight is 370 g/mol. The lowest BCUT2D eigenvalue weighted by molar-refractivity contribution is -0.137. The van der Waals surface area contributed by atoms with E-state index in [1.165, 1.54) is 0 Å². The van der Waals surface area contributed by atoms with Gasteiger partial charge in [-0.2, -0.15) is 0 Å². The molecule has 1 aliphatic heterocycles. The summed E-state index contributed by atoms with van der Waals surface area (Å²) in [7, 11) is 0. The highest BCUT2D eigenvalue weighted by Crippen LogP contribution is 2.43. The summed E-state index contributed by atoms with van der Waals surface area (Å²) in [5.41, 5.74) is 0. The zero-order chi connectivity index (χ0) is 19.1. The second kappa shape index (κ2) is 10.1. The van der Waals surface area contributed by atoms with Crippen molar-refractivity contribution in [2.24, 2.45) is 11.8 Å². The van der Waals surface area contributed by atoms with Crippen molar-refractivity contribution in [3.63, 3.8) is 0 Å². The van der Waals surface area contributed by atoms with Gasteiger partial charge in [0.05, 0.1) is 12.2 Å². The minimum absolute atomic E-state index is 0.0550. The second-order valence-electron chi connectivity index (χ2n) is 7.38. The summed E-state index contributed by atoms with van der Waals surface area (Å²) in [6.45, 7) is 2.11. The van der Waals surface area contributed by atoms with Crippen LogP contribution in [0.25, 0.3) is 0 Å². The van der Waals surface area contributed by atoms with Crippen molar-refractivity contribution < 1.29 is 29.2 Å². The van der Waals surface area contributed by atoms with E-state index < -0.39 is 24.3 Å². The number of carboxylic acid groups (broad SMARTS) is 1. The molecule has 0 spiro atoms. The molecule has 0 aromatic carbocycles. The fourth-order valence-corrected chi connectivity index (χ4v) is 3.77. The van der Waals surface area contributed by atoms with E-state index in [0.717, 1.165) is 19.3 Å². The molecule has 0 amide bonds. The number of ether oxygens (including phenoxy) is 1. The molecule has 2 aliphatic rings. The van der Waals surface area contributed by atoms with Crippen LogP contribution in [0.1, 0.15) is 58.3 Å². The largest absolute Gasteiger partial charge is 0.491 e. The van der Waals surface area contributed by atoms with Crippen molar-refractivity contribution in [2.45, 2.75) is 82.8 Å². The van der Waals surface area contributed by atoms with Crippen LogP contribution in [0, 0.1) is 11.8 Å². The van der Waals surface area contributed by atoms with E-state index in [0.29, 0.717) is 12.8 Å². The number of fused-ring (bicyclic) bond motifs is 1. The molecule has 0 aromatic rings. The summed E-state index contributed by atoms with van der Waals surface area (Å²) >= 11 is 0. The van der Waals surface area contributed by atoms with Crippen LogP contribution >= 0.6 is 0 Å². The van der Waals surface area contributed by atoms with Crippen LogP contribution in [-0.4, -0.2) is 45.8 Å². The molecule has 6 unspecified atom stereocenters. The van der Waals surface area contributed by atoms with E-state index in [9.17, 15) is 19.4 Å². The van der Waals surface area contributed by atoms with Crippen molar-refractivity contribution in [2.75, 3.05) is 0 Å². The lowest BCUT2D eigenvalue weighted by atomic mass is 9.92. The third-order valence-corrected chi connectivity index (χ3v) is 5.25. The van der Waals surface area contributed by atoms with Gasteiger partial charge in [-0.1, -0.05) is 38.3 Å². The molecule has 0 radical (unpaired) electrons. The molecule has 1 aliphatic carbocycles. The van der Waals surface area contributed by atoms with Crippen LogP contribution in [-0.2, 0) is 9.53 Å². The molecule has 1 saturated carbocycles. The predicted octanol–water partition coefficient (Wildman–Crippen LogP) is 3.36.